The fraction of sp³-hybridized carbons (Fsp3) is 0.242. The van der Waals surface area contributed by atoms with Gasteiger partial charge in [-0.05, 0) is 38.4 Å². The molecule has 0 bridgehead atoms. The minimum absolute atomic E-state index is 0.0381. The first-order valence-corrected chi connectivity index (χ1v) is 14.5. The second-order valence-corrected chi connectivity index (χ2v) is 10.6. The van der Waals surface area contributed by atoms with E-state index in [1.54, 1.807) is 0 Å². The van der Waals surface area contributed by atoms with Crippen LogP contribution in [0.4, 0.5) is 0 Å². The van der Waals surface area contributed by atoms with E-state index < -0.39 is 28.6 Å². The van der Waals surface area contributed by atoms with Crippen LogP contribution in [-0.2, 0) is 14.2 Å². The number of ether oxygens (including phenoxy) is 3. The van der Waals surface area contributed by atoms with Gasteiger partial charge in [0.2, 0.25) is 5.91 Å². The van der Waals surface area contributed by atoms with E-state index in [1.807, 2.05) is 36.4 Å². The minimum Gasteiger partial charge on any atom is -0.478 e. The number of nitrogens with one attached hydrogen (secondary N) is 3. The molecule has 0 aliphatic heterocycles. The lowest BCUT2D eigenvalue weighted by molar-refractivity contribution is 0.00855. The number of aromatic carboxylic acids is 1. The van der Waals surface area contributed by atoms with Crippen molar-refractivity contribution in [2.75, 3.05) is 52.8 Å². The van der Waals surface area contributed by atoms with Gasteiger partial charge in [0.1, 0.15) is 5.84 Å². The number of aromatic amines is 1. The minimum atomic E-state index is -1.42. The number of nitrogens with two attached hydrogens (primary N) is 1. The number of carboxylic acid groups (broad SMARTS) is 1. The summed E-state index contributed by atoms with van der Waals surface area (Å²) in [5.74, 6) is -2.65. The number of hydrogen-bond acceptors (Lipinski definition) is 9. The molecule has 0 aliphatic rings. The largest absolute Gasteiger partial charge is 0.478 e. The Bertz CT molecular complexity index is 2260. The topological polar surface area (TPSA) is 214 Å². The number of amides is 1. The summed E-state index contributed by atoms with van der Waals surface area (Å²) in [6, 6.07) is 12.5. The first kappa shape index (κ1) is 30.8. The van der Waals surface area contributed by atoms with E-state index >= 15 is 0 Å². The van der Waals surface area contributed by atoms with Gasteiger partial charge in [-0.3, -0.25) is 24.8 Å². The zero-order chi connectivity index (χ0) is 32.5. The Balaban J connectivity index is 1.50. The fourth-order valence-electron chi connectivity index (χ4n) is 6.25. The van der Waals surface area contributed by atoms with Gasteiger partial charge in [-0.1, -0.05) is 36.4 Å². The van der Waals surface area contributed by atoms with Crippen LogP contribution in [-0.4, -0.2) is 85.7 Å². The van der Waals surface area contributed by atoms with E-state index in [9.17, 15) is 24.3 Å². The molecule has 0 atom stereocenters. The summed E-state index contributed by atoms with van der Waals surface area (Å²) >= 11 is 0. The molecule has 5 aromatic carbocycles. The van der Waals surface area contributed by atoms with Crippen LogP contribution < -0.4 is 22.2 Å². The Morgan fingerprint density at radius 1 is 0.761 bits per heavy atom. The van der Waals surface area contributed by atoms with Crippen molar-refractivity contribution >= 4 is 71.6 Å². The molecule has 0 fully saturated rings. The van der Waals surface area contributed by atoms with E-state index in [2.05, 4.69) is 10.3 Å². The van der Waals surface area contributed by atoms with Crippen LogP contribution in [0.25, 0.3) is 53.9 Å². The number of carbonyl (C=O) groups excluding carboxylic acids is 1. The average molecular weight is 627 g/mol. The van der Waals surface area contributed by atoms with Gasteiger partial charge in [-0.15, -0.1) is 0 Å². The number of aromatic nitrogens is 1. The highest BCUT2D eigenvalue weighted by Gasteiger charge is 2.30. The molecule has 0 spiro atoms. The van der Waals surface area contributed by atoms with Crippen LogP contribution in [0.15, 0.2) is 52.1 Å². The van der Waals surface area contributed by atoms with Crippen LogP contribution in [0, 0.1) is 5.41 Å². The summed E-state index contributed by atoms with van der Waals surface area (Å²) in [7, 11) is 0. The number of hydrogen-bond donors (Lipinski definition) is 6. The summed E-state index contributed by atoms with van der Waals surface area (Å²) in [5, 5.41) is 34.7. The number of aliphatic hydroxyl groups excluding tert-OH is 1. The first-order valence-electron chi connectivity index (χ1n) is 14.5. The van der Waals surface area contributed by atoms with Crippen LogP contribution in [0.5, 0.6) is 0 Å². The van der Waals surface area contributed by atoms with E-state index in [4.69, 9.17) is 30.5 Å². The molecular formula is C33H30N4O9. The maximum atomic E-state index is 13.4. The molecule has 1 heterocycles. The Hall–Kier alpha value is -5.21. The molecule has 0 unspecified atom stereocenters. The molecule has 0 aliphatic carbocycles. The van der Waals surface area contributed by atoms with Crippen molar-refractivity contribution in [3.8, 4) is 0 Å². The van der Waals surface area contributed by atoms with Gasteiger partial charge < -0.3 is 35.5 Å². The van der Waals surface area contributed by atoms with Crippen molar-refractivity contribution in [1.29, 1.82) is 5.41 Å². The number of rotatable bonds is 14. The van der Waals surface area contributed by atoms with Gasteiger partial charge in [-0.2, -0.15) is 0 Å². The third-order valence-corrected chi connectivity index (χ3v) is 7.98. The maximum absolute atomic E-state index is 13.4. The smallest absolute Gasteiger partial charge is 0.336 e. The number of aliphatic hydroxyl groups is 1. The molecule has 1 amide bonds. The predicted octanol–water partition coefficient (Wildman–Crippen LogP) is 2.13. The van der Waals surface area contributed by atoms with Crippen LogP contribution in [0.2, 0.25) is 0 Å². The number of benzene rings is 5. The van der Waals surface area contributed by atoms with E-state index in [0.717, 1.165) is 10.8 Å². The molecule has 13 nitrogen and oxygen atoms in total. The maximum Gasteiger partial charge on any atom is 0.336 e. The Morgan fingerprint density at radius 2 is 1.39 bits per heavy atom. The molecular weight excluding hydrogens is 596 g/mol. The molecule has 13 heteroatoms. The SMILES string of the molecule is N=C(NCCOCCOCCOCCO)c1c2c(=O)[nH]c(=O)c2c2c(C(N)=O)c(C(=O)O)cc3c4cccc5cccc(c1c32)c54. The zero-order valence-electron chi connectivity index (χ0n) is 24.5. The van der Waals surface area contributed by atoms with Gasteiger partial charge >= 0.3 is 5.97 Å². The average Bonchev–Trinajstić information content (AvgIpc) is 3.34. The third-order valence-electron chi connectivity index (χ3n) is 7.98. The van der Waals surface area contributed by atoms with Gasteiger partial charge in [-0.25, -0.2) is 4.79 Å². The molecule has 6 rings (SSSR count). The van der Waals surface area contributed by atoms with Crippen molar-refractivity contribution in [1.82, 2.24) is 10.3 Å². The van der Waals surface area contributed by atoms with E-state index in [-0.39, 0.29) is 66.1 Å². The summed E-state index contributed by atoms with van der Waals surface area (Å²) in [6.07, 6.45) is 0. The van der Waals surface area contributed by atoms with Crippen molar-refractivity contribution in [2.45, 2.75) is 0 Å². The highest BCUT2D eigenvalue weighted by atomic mass is 16.5. The lowest BCUT2D eigenvalue weighted by Crippen LogP contribution is -2.29. The highest BCUT2D eigenvalue weighted by Crippen LogP contribution is 2.45. The van der Waals surface area contributed by atoms with Gasteiger partial charge in [0, 0.05) is 22.9 Å². The lowest BCUT2D eigenvalue weighted by atomic mass is 9.82. The van der Waals surface area contributed by atoms with Crippen molar-refractivity contribution < 1.29 is 34.0 Å². The monoisotopic (exact) mass is 626 g/mol. The molecule has 7 N–H and O–H groups in total. The third kappa shape index (κ3) is 5.14. The number of primary amides is 1. The molecule has 0 radical (unpaired) electrons. The van der Waals surface area contributed by atoms with Crippen LogP contribution in [0.3, 0.4) is 0 Å². The standard InChI is InChI=1S/C33H30N4O9/c34-29(36-7-9-44-11-13-46-14-12-45-10-8-38)26-22-18-6-2-4-16-3-1-5-17(21(16)18)19-15-20(33(42)43)24(30(35)39)25(23(19)22)27-28(26)32(41)37-31(27)40/h1-6,15,38H,7-14H2,(H2,34,36)(H2,35,39)(H,42,43)(H,37,40,41). The lowest BCUT2D eigenvalue weighted by Gasteiger charge is -2.21. The summed E-state index contributed by atoms with van der Waals surface area (Å²) < 4.78 is 16.1. The second kappa shape index (κ2) is 12.7. The van der Waals surface area contributed by atoms with E-state index in [1.165, 1.54) is 6.07 Å². The molecule has 6 aromatic rings. The van der Waals surface area contributed by atoms with Gasteiger partial charge in [0.25, 0.3) is 11.1 Å². The number of H-pyrrole nitrogens is 1. The quantitative estimate of drug-likeness (QED) is 0.0340. The Morgan fingerprint density at radius 3 is 2.04 bits per heavy atom. The summed E-state index contributed by atoms with van der Waals surface area (Å²) in [4.78, 5) is 54.4. The number of carbonyl (C=O) groups is 2. The second-order valence-electron chi connectivity index (χ2n) is 10.6. The van der Waals surface area contributed by atoms with Crippen molar-refractivity contribution in [3.05, 3.63) is 79.9 Å². The number of amidine groups is 1. The summed E-state index contributed by atoms with van der Waals surface area (Å²) in [6.45, 7) is 1.87. The zero-order valence-corrected chi connectivity index (χ0v) is 24.5. The predicted molar refractivity (Wildman–Crippen MR) is 173 cm³/mol. The fourth-order valence-corrected chi connectivity index (χ4v) is 6.25. The summed E-state index contributed by atoms with van der Waals surface area (Å²) in [5.41, 5.74) is 3.52. The number of fused-ring (bicyclic) bond motifs is 4. The Kier molecular flexibility index (Phi) is 8.47. The Labute approximate surface area is 259 Å². The van der Waals surface area contributed by atoms with Crippen LogP contribution >= 0.6 is 0 Å². The van der Waals surface area contributed by atoms with Crippen molar-refractivity contribution in [2.24, 2.45) is 5.73 Å². The molecule has 236 valence electrons. The van der Waals surface area contributed by atoms with Gasteiger partial charge in [0.15, 0.2) is 0 Å². The molecule has 46 heavy (non-hydrogen) atoms. The molecule has 0 saturated carbocycles. The van der Waals surface area contributed by atoms with E-state index in [0.29, 0.717) is 46.8 Å². The van der Waals surface area contributed by atoms with Crippen molar-refractivity contribution in [3.63, 3.8) is 0 Å². The first-order chi connectivity index (χ1) is 22.3. The van der Waals surface area contributed by atoms with Gasteiger partial charge in [0.05, 0.1) is 68.1 Å². The molecule has 1 aromatic heterocycles. The van der Waals surface area contributed by atoms with Crippen LogP contribution in [0.1, 0.15) is 26.3 Å². The highest BCUT2D eigenvalue weighted by molar-refractivity contribution is 6.43. The number of carboxylic acids is 1. The normalized spacial score (nSPS) is 11.8. The molecule has 0 saturated heterocycles.